The Kier molecular flexibility index (Phi) is 5.65. The van der Waals surface area contributed by atoms with Gasteiger partial charge in [-0.1, -0.05) is 61.7 Å². The number of hydrogen-bond acceptors (Lipinski definition) is 1. The van der Waals surface area contributed by atoms with Gasteiger partial charge in [0.1, 0.15) is 18.2 Å². The molecule has 5 aromatic rings. The number of rotatable bonds is 3. The number of furan rings is 1. The van der Waals surface area contributed by atoms with Crippen molar-refractivity contribution in [2.45, 2.75) is 71.1 Å². The van der Waals surface area contributed by atoms with E-state index in [1.807, 2.05) is 24.6 Å². The lowest BCUT2D eigenvalue weighted by Gasteiger charge is -2.25. The van der Waals surface area contributed by atoms with Gasteiger partial charge in [-0.2, -0.15) is 4.57 Å². The first-order valence-electron chi connectivity index (χ1n) is 14.3. The minimum atomic E-state index is -0.196. The molecule has 3 aromatic carbocycles. The quantitative estimate of drug-likeness (QED) is 0.224. The van der Waals surface area contributed by atoms with Crippen LogP contribution in [0.15, 0.2) is 59.1 Å². The van der Waals surface area contributed by atoms with Crippen molar-refractivity contribution in [3.8, 4) is 22.4 Å². The molecule has 2 aliphatic rings. The summed E-state index contributed by atoms with van der Waals surface area (Å²) in [6, 6.07) is 17.7. The summed E-state index contributed by atoms with van der Waals surface area (Å²) in [5, 5.41) is 2.25. The molecule has 38 heavy (non-hydrogen) atoms. The van der Waals surface area contributed by atoms with Crippen LogP contribution >= 0.6 is 0 Å². The smallest absolute Gasteiger partial charge is 0.216 e. The maximum absolute atomic E-state index is 14.3. The van der Waals surface area contributed by atoms with Crippen LogP contribution in [0.3, 0.4) is 0 Å². The molecule has 1 fully saturated rings. The predicted molar refractivity (Wildman–Crippen MR) is 153 cm³/mol. The Bertz CT molecular complexity index is 1720. The van der Waals surface area contributed by atoms with Gasteiger partial charge in [-0.3, -0.25) is 0 Å². The summed E-state index contributed by atoms with van der Waals surface area (Å²) < 4.78 is 23.0. The highest BCUT2D eigenvalue weighted by molar-refractivity contribution is 6.13. The molecular formula is C35H35FNO+. The topological polar surface area (TPSA) is 17.0 Å². The molecule has 0 N–H and O–H groups in total. The lowest BCUT2D eigenvalue weighted by Crippen LogP contribution is -2.31. The number of nitrogens with zero attached hydrogens (tertiary/aromatic N) is 1. The number of halogens is 1. The summed E-state index contributed by atoms with van der Waals surface area (Å²) in [7, 11) is 1.90. The van der Waals surface area contributed by atoms with Crippen molar-refractivity contribution in [3.05, 3.63) is 88.4 Å². The second-order valence-electron chi connectivity index (χ2n) is 11.6. The second kappa shape index (κ2) is 9.08. The van der Waals surface area contributed by atoms with E-state index in [1.165, 1.54) is 61.6 Å². The van der Waals surface area contributed by atoms with Crippen molar-refractivity contribution in [2.24, 2.45) is 7.05 Å². The van der Waals surface area contributed by atoms with Crippen LogP contribution in [0.25, 0.3) is 44.3 Å². The van der Waals surface area contributed by atoms with Gasteiger partial charge in [0.15, 0.2) is 5.82 Å². The van der Waals surface area contributed by atoms with Gasteiger partial charge >= 0.3 is 0 Å². The van der Waals surface area contributed by atoms with E-state index in [4.69, 9.17) is 4.42 Å². The molecule has 1 saturated carbocycles. The van der Waals surface area contributed by atoms with Crippen molar-refractivity contribution >= 4 is 21.9 Å². The van der Waals surface area contributed by atoms with E-state index < -0.39 is 0 Å². The standard InChI is InChI=1S/C35H35FNO/c1-21-15-16-30-29-14-8-13-28(34(29)38-35(30)33(21)32-19-22(2)31(36)20-37(32)3)27-18-17-24(23-9-5-4-6-10-23)25-11-7-12-26(25)27/h8,13-20,23H,4-7,9-12H2,1-3H3/q+1. The number of fused-ring (bicyclic) bond motifs is 4. The van der Waals surface area contributed by atoms with Crippen LogP contribution in [0.2, 0.25) is 0 Å². The molecule has 0 spiro atoms. The average molecular weight is 505 g/mol. The minimum absolute atomic E-state index is 0.196. The fourth-order valence-electron chi connectivity index (χ4n) is 7.24. The van der Waals surface area contributed by atoms with Crippen molar-refractivity contribution < 1.29 is 13.4 Å². The summed E-state index contributed by atoms with van der Waals surface area (Å²) in [5.41, 5.74) is 12.9. The fraction of sp³-hybridized carbons (Fsp3) is 0.343. The molecule has 2 nitrogen and oxygen atoms in total. The summed E-state index contributed by atoms with van der Waals surface area (Å²) in [5.74, 6) is 0.538. The normalized spacial score (nSPS) is 16.0. The number of pyridine rings is 1. The molecule has 0 radical (unpaired) electrons. The molecule has 2 aliphatic carbocycles. The van der Waals surface area contributed by atoms with Crippen molar-refractivity contribution in [1.82, 2.24) is 0 Å². The SMILES string of the molecule is Cc1cc(-c2c(C)ccc3c2oc2c(-c4ccc(C5CCCCC5)c5c4CCC5)cccc23)[n+](C)cc1F. The van der Waals surface area contributed by atoms with Gasteiger partial charge in [0.05, 0.1) is 5.56 Å². The van der Waals surface area contributed by atoms with E-state index in [9.17, 15) is 4.39 Å². The number of hydrogen-bond donors (Lipinski definition) is 0. The molecule has 0 amide bonds. The van der Waals surface area contributed by atoms with Gasteiger partial charge in [0.25, 0.3) is 0 Å². The van der Waals surface area contributed by atoms with Crippen LogP contribution in [0.4, 0.5) is 4.39 Å². The van der Waals surface area contributed by atoms with Gasteiger partial charge in [-0.15, -0.1) is 0 Å². The van der Waals surface area contributed by atoms with Gasteiger partial charge in [-0.25, -0.2) is 4.39 Å². The van der Waals surface area contributed by atoms with E-state index in [0.29, 0.717) is 5.56 Å². The van der Waals surface area contributed by atoms with Gasteiger partial charge in [0.2, 0.25) is 11.9 Å². The third-order valence-corrected chi connectivity index (χ3v) is 9.20. The summed E-state index contributed by atoms with van der Waals surface area (Å²) in [6.45, 7) is 3.93. The second-order valence-corrected chi connectivity index (χ2v) is 11.6. The molecule has 2 heterocycles. The molecule has 192 valence electrons. The van der Waals surface area contributed by atoms with Gasteiger partial charge in [0, 0.05) is 22.4 Å². The van der Waals surface area contributed by atoms with Crippen molar-refractivity contribution in [2.75, 3.05) is 0 Å². The molecule has 3 heteroatoms. The van der Waals surface area contributed by atoms with Crippen LogP contribution in [0, 0.1) is 19.7 Å². The van der Waals surface area contributed by atoms with Crippen molar-refractivity contribution in [3.63, 3.8) is 0 Å². The molecule has 0 atom stereocenters. The van der Waals surface area contributed by atoms with E-state index in [1.54, 1.807) is 17.3 Å². The Morgan fingerprint density at radius 3 is 2.42 bits per heavy atom. The van der Waals surface area contributed by atoms with Crippen LogP contribution in [0.5, 0.6) is 0 Å². The first-order valence-corrected chi connectivity index (χ1v) is 14.3. The predicted octanol–water partition coefficient (Wildman–Crippen LogP) is 9.04. The van der Waals surface area contributed by atoms with Crippen molar-refractivity contribution in [1.29, 1.82) is 0 Å². The van der Waals surface area contributed by atoms with E-state index in [0.717, 1.165) is 51.1 Å². The van der Waals surface area contributed by atoms with Crippen LogP contribution in [-0.4, -0.2) is 0 Å². The summed E-state index contributed by atoms with van der Waals surface area (Å²) in [4.78, 5) is 0. The lowest BCUT2D eigenvalue weighted by atomic mass is 9.80. The zero-order valence-corrected chi connectivity index (χ0v) is 22.7. The molecule has 7 rings (SSSR count). The zero-order valence-electron chi connectivity index (χ0n) is 22.7. The maximum atomic E-state index is 14.3. The highest BCUT2D eigenvalue weighted by Crippen LogP contribution is 2.45. The van der Waals surface area contributed by atoms with E-state index >= 15 is 0 Å². The Balaban J connectivity index is 1.44. The summed E-state index contributed by atoms with van der Waals surface area (Å²) >= 11 is 0. The molecule has 0 aliphatic heterocycles. The Morgan fingerprint density at radius 2 is 1.58 bits per heavy atom. The van der Waals surface area contributed by atoms with Crippen LogP contribution < -0.4 is 4.57 Å². The third kappa shape index (κ3) is 3.62. The molecule has 0 bridgehead atoms. The third-order valence-electron chi connectivity index (χ3n) is 9.20. The largest absolute Gasteiger partial charge is 0.454 e. The summed E-state index contributed by atoms with van der Waals surface area (Å²) in [6.07, 6.45) is 12.0. The minimum Gasteiger partial charge on any atom is -0.454 e. The molecule has 0 unspecified atom stereocenters. The van der Waals surface area contributed by atoms with Gasteiger partial charge in [-0.05, 0) is 85.3 Å². The monoisotopic (exact) mass is 504 g/mol. The molecule has 2 aromatic heterocycles. The fourth-order valence-corrected chi connectivity index (χ4v) is 7.24. The number of benzene rings is 3. The highest BCUT2D eigenvalue weighted by Gasteiger charge is 2.27. The molecule has 0 saturated heterocycles. The Morgan fingerprint density at radius 1 is 0.789 bits per heavy atom. The lowest BCUT2D eigenvalue weighted by molar-refractivity contribution is -0.662. The maximum Gasteiger partial charge on any atom is 0.216 e. The average Bonchev–Trinajstić information content (AvgIpc) is 3.56. The first kappa shape index (κ1) is 23.6. The van der Waals surface area contributed by atoms with E-state index in [2.05, 4.69) is 49.4 Å². The Hall–Kier alpha value is -3.46. The highest BCUT2D eigenvalue weighted by atomic mass is 19.1. The molecular weight excluding hydrogens is 469 g/mol. The number of para-hydroxylation sites is 1. The van der Waals surface area contributed by atoms with Crippen LogP contribution in [-0.2, 0) is 19.9 Å². The van der Waals surface area contributed by atoms with E-state index in [-0.39, 0.29) is 5.82 Å². The van der Waals surface area contributed by atoms with Gasteiger partial charge < -0.3 is 4.42 Å². The van der Waals surface area contributed by atoms with Crippen LogP contribution in [0.1, 0.15) is 72.3 Å². The zero-order chi connectivity index (χ0) is 26.0. The number of aromatic nitrogens is 1. The number of aryl methyl sites for hydroxylation is 3. The Labute approximate surface area is 224 Å². The first-order chi connectivity index (χ1) is 18.5.